The van der Waals surface area contributed by atoms with E-state index in [1.807, 2.05) is 12.4 Å². The third kappa shape index (κ3) is 7.99. The Morgan fingerprint density at radius 2 is 1.59 bits per heavy atom. The summed E-state index contributed by atoms with van der Waals surface area (Å²) in [5, 5.41) is 0. The molecular weight excluding hydrogens is 392 g/mol. The van der Waals surface area contributed by atoms with E-state index in [1.54, 1.807) is 7.11 Å². The highest BCUT2D eigenvalue weighted by Crippen LogP contribution is 2.36. The van der Waals surface area contributed by atoms with E-state index in [-0.39, 0.29) is 0 Å². The van der Waals surface area contributed by atoms with Gasteiger partial charge < -0.3 is 4.74 Å². The Bertz CT molecular complexity index is 748. The summed E-state index contributed by atoms with van der Waals surface area (Å²) in [7, 11) is 1.80. The smallest absolute Gasteiger partial charge is 0.131 e. The summed E-state index contributed by atoms with van der Waals surface area (Å²) in [5.74, 6) is 2.55. The average Bonchev–Trinajstić information content (AvgIpc) is 2.85. The van der Waals surface area contributed by atoms with Crippen LogP contribution in [0.25, 0.3) is 11.1 Å². The Hall–Kier alpha value is -1.74. The molecule has 1 saturated carbocycles. The lowest BCUT2D eigenvalue weighted by Gasteiger charge is -2.27. The minimum Gasteiger partial charge on any atom is -0.382 e. The molecule has 2 aromatic rings. The van der Waals surface area contributed by atoms with Gasteiger partial charge in [0.15, 0.2) is 0 Å². The fourth-order valence-corrected chi connectivity index (χ4v) is 5.01. The average molecular weight is 437 g/mol. The van der Waals surface area contributed by atoms with E-state index in [0.717, 1.165) is 30.1 Å². The van der Waals surface area contributed by atoms with Crippen LogP contribution in [-0.2, 0) is 11.2 Å². The Morgan fingerprint density at radius 3 is 2.25 bits per heavy atom. The third-order valence-electron chi connectivity index (χ3n) is 7.37. The fraction of sp³-hybridized carbons (Fsp3) is 0.655. The molecule has 1 aliphatic rings. The lowest BCUT2D eigenvalue weighted by Crippen LogP contribution is -2.15. The molecule has 1 unspecified atom stereocenters. The van der Waals surface area contributed by atoms with Gasteiger partial charge in [-0.1, -0.05) is 69.7 Å². The van der Waals surface area contributed by atoms with Crippen molar-refractivity contribution in [1.29, 1.82) is 0 Å². The summed E-state index contributed by atoms with van der Waals surface area (Å²) in [4.78, 5) is 9.54. The molecule has 3 heteroatoms. The van der Waals surface area contributed by atoms with Gasteiger partial charge in [-0.3, -0.25) is 0 Å². The van der Waals surface area contributed by atoms with E-state index in [4.69, 9.17) is 14.7 Å². The van der Waals surface area contributed by atoms with Crippen LogP contribution in [0.2, 0.25) is 0 Å². The zero-order valence-corrected chi connectivity index (χ0v) is 20.7. The van der Waals surface area contributed by atoms with E-state index in [1.165, 1.54) is 81.8 Å². The molecule has 0 bridgehead atoms. The molecule has 32 heavy (non-hydrogen) atoms. The number of aromatic nitrogens is 2. The molecule has 1 aliphatic carbocycles. The van der Waals surface area contributed by atoms with Gasteiger partial charge in [-0.15, -0.1) is 0 Å². The van der Waals surface area contributed by atoms with Crippen LogP contribution in [0.5, 0.6) is 0 Å². The molecule has 0 spiro atoms. The van der Waals surface area contributed by atoms with Crippen molar-refractivity contribution in [3.05, 3.63) is 48.0 Å². The highest BCUT2D eigenvalue weighted by atomic mass is 16.5. The molecule has 3 nitrogen and oxygen atoms in total. The minimum absolute atomic E-state index is 0.383. The molecule has 1 aromatic heterocycles. The van der Waals surface area contributed by atoms with Crippen molar-refractivity contribution < 1.29 is 4.74 Å². The number of hydrogen-bond donors (Lipinski definition) is 0. The predicted octanol–water partition coefficient (Wildman–Crippen LogP) is 8.14. The molecule has 0 radical (unpaired) electrons. The Labute approximate surface area is 196 Å². The molecule has 1 atom stereocenters. The van der Waals surface area contributed by atoms with Crippen molar-refractivity contribution in [2.24, 2.45) is 5.92 Å². The maximum Gasteiger partial charge on any atom is 0.131 e. The van der Waals surface area contributed by atoms with Gasteiger partial charge in [0, 0.05) is 31.0 Å². The SMILES string of the molecule is CCCCCC1CCC(c2ncc(-c3ccc(CCCCCC(C)OC)cc3)cn2)CC1. The molecule has 1 heterocycles. The monoisotopic (exact) mass is 436 g/mol. The van der Waals surface area contributed by atoms with E-state index in [9.17, 15) is 0 Å². The molecule has 3 rings (SSSR count). The maximum absolute atomic E-state index is 5.32. The van der Waals surface area contributed by atoms with E-state index in [2.05, 4.69) is 38.1 Å². The van der Waals surface area contributed by atoms with Gasteiger partial charge in [-0.2, -0.15) is 0 Å². The van der Waals surface area contributed by atoms with Crippen LogP contribution in [0.4, 0.5) is 0 Å². The predicted molar refractivity (Wildman–Crippen MR) is 135 cm³/mol. The van der Waals surface area contributed by atoms with E-state index < -0.39 is 0 Å². The summed E-state index contributed by atoms with van der Waals surface area (Å²) in [5.41, 5.74) is 3.76. The van der Waals surface area contributed by atoms with Crippen LogP contribution < -0.4 is 0 Å². The number of rotatable bonds is 13. The zero-order chi connectivity index (χ0) is 22.6. The summed E-state index contributed by atoms with van der Waals surface area (Å²) in [6.45, 7) is 4.44. The molecule has 1 aromatic carbocycles. The number of ether oxygens (including phenoxy) is 1. The molecule has 0 saturated heterocycles. The van der Waals surface area contributed by atoms with Crippen LogP contribution in [-0.4, -0.2) is 23.2 Å². The Morgan fingerprint density at radius 1 is 0.875 bits per heavy atom. The van der Waals surface area contributed by atoms with E-state index in [0.29, 0.717) is 12.0 Å². The normalized spacial score (nSPS) is 19.7. The number of aryl methyl sites for hydroxylation is 1. The van der Waals surface area contributed by atoms with Crippen molar-refractivity contribution in [3.63, 3.8) is 0 Å². The van der Waals surface area contributed by atoms with Crippen molar-refractivity contribution in [1.82, 2.24) is 9.97 Å². The number of methoxy groups -OCH3 is 1. The molecule has 0 N–H and O–H groups in total. The molecule has 176 valence electrons. The fourth-order valence-electron chi connectivity index (χ4n) is 5.01. The number of nitrogens with zero attached hydrogens (tertiary/aromatic N) is 2. The topological polar surface area (TPSA) is 35.0 Å². The molecule has 0 amide bonds. The van der Waals surface area contributed by atoms with Crippen LogP contribution in [0.3, 0.4) is 0 Å². The largest absolute Gasteiger partial charge is 0.382 e. The number of hydrogen-bond acceptors (Lipinski definition) is 3. The second-order valence-corrected chi connectivity index (χ2v) is 9.89. The van der Waals surface area contributed by atoms with Gasteiger partial charge in [-0.25, -0.2) is 9.97 Å². The Balaban J connectivity index is 1.43. The highest BCUT2D eigenvalue weighted by Gasteiger charge is 2.23. The lowest BCUT2D eigenvalue weighted by molar-refractivity contribution is 0.108. The standard InChI is InChI=1S/C29H44N2O/c1-4-5-7-11-24-15-19-27(20-16-24)29-30-21-28(22-31-29)26-17-13-25(14-18-26)12-9-6-8-10-23(2)32-3/h13-14,17-18,21-24,27H,4-12,15-16,19-20H2,1-3H3. The maximum atomic E-state index is 5.32. The zero-order valence-electron chi connectivity index (χ0n) is 20.7. The van der Waals surface area contributed by atoms with Gasteiger partial charge in [0.2, 0.25) is 0 Å². The third-order valence-corrected chi connectivity index (χ3v) is 7.37. The van der Waals surface area contributed by atoms with Gasteiger partial charge in [0.25, 0.3) is 0 Å². The number of unbranched alkanes of at least 4 members (excludes halogenated alkanes) is 4. The molecule has 1 fully saturated rings. The summed E-state index contributed by atoms with van der Waals surface area (Å²) < 4.78 is 5.32. The highest BCUT2D eigenvalue weighted by molar-refractivity contribution is 5.61. The summed E-state index contributed by atoms with van der Waals surface area (Å²) in [6, 6.07) is 8.98. The van der Waals surface area contributed by atoms with Crippen LogP contribution >= 0.6 is 0 Å². The van der Waals surface area contributed by atoms with Crippen molar-refractivity contribution >= 4 is 0 Å². The summed E-state index contributed by atoms with van der Waals surface area (Å²) in [6.07, 6.45) is 21.3. The lowest BCUT2D eigenvalue weighted by atomic mass is 9.79. The van der Waals surface area contributed by atoms with Crippen LogP contribution in [0.15, 0.2) is 36.7 Å². The van der Waals surface area contributed by atoms with Crippen LogP contribution in [0.1, 0.15) is 108 Å². The molecular formula is C29H44N2O. The molecule has 0 aliphatic heterocycles. The van der Waals surface area contributed by atoms with Crippen molar-refractivity contribution in [3.8, 4) is 11.1 Å². The van der Waals surface area contributed by atoms with Gasteiger partial charge >= 0.3 is 0 Å². The second kappa shape index (κ2) is 13.7. The first-order valence-electron chi connectivity index (χ1n) is 13.1. The van der Waals surface area contributed by atoms with Gasteiger partial charge in [-0.05, 0) is 68.9 Å². The van der Waals surface area contributed by atoms with Crippen molar-refractivity contribution in [2.75, 3.05) is 7.11 Å². The Kier molecular flexibility index (Phi) is 10.7. The first kappa shape index (κ1) is 24.9. The van der Waals surface area contributed by atoms with Gasteiger partial charge in [0.1, 0.15) is 5.82 Å². The second-order valence-electron chi connectivity index (χ2n) is 9.89. The van der Waals surface area contributed by atoms with Gasteiger partial charge in [0.05, 0.1) is 6.10 Å². The first-order chi connectivity index (χ1) is 15.7. The first-order valence-corrected chi connectivity index (χ1v) is 13.1. The quantitative estimate of drug-likeness (QED) is 0.297. The van der Waals surface area contributed by atoms with E-state index >= 15 is 0 Å². The van der Waals surface area contributed by atoms with Crippen molar-refractivity contribution in [2.45, 2.75) is 109 Å². The van der Waals surface area contributed by atoms with Crippen LogP contribution in [0, 0.1) is 5.92 Å². The minimum atomic E-state index is 0.383. The number of benzene rings is 1. The summed E-state index contributed by atoms with van der Waals surface area (Å²) >= 11 is 0.